The highest BCUT2D eigenvalue weighted by Crippen LogP contribution is 2.24. The molecule has 0 aromatic heterocycles. The number of benzene rings is 3. The van der Waals surface area contributed by atoms with Crippen LogP contribution in [0.5, 0.6) is 5.75 Å². The summed E-state index contributed by atoms with van der Waals surface area (Å²) in [5.74, 6) is 1.01. The molecule has 1 N–H and O–H groups in total. The topological polar surface area (TPSA) is 58.6 Å². The van der Waals surface area contributed by atoms with Crippen LogP contribution in [0.2, 0.25) is 0 Å². The quantitative estimate of drug-likeness (QED) is 0.477. The minimum absolute atomic E-state index is 0.0299. The summed E-state index contributed by atoms with van der Waals surface area (Å²) >= 11 is 1.72. The van der Waals surface area contributed by atoms with Crippen LogP contribution in [0.4, 0.5) is 5.69 Å². The molecule has 0 aliphatic rings. The maximum absolute atomic E-state index is 12.9. The van der Waals surface area contributed by atoms with Crippen molar-refractivity contribution in [3.63, 3.8) is 0 Å². The van der Waals surface area contributed by atoms with Crippen molar-refractivity contribution < 1.29 is 14.3 Å². The van der Waals surface area contributed by atoms with E-state index in [1.54, 1.807) is 31.0 Å². The minimum Gasteiger partial charge on any atom is -0.495 e. The first-order valence-electron chi connectivity index (χ1n) is 10.1. The van der Waals surface area contributed by atoms with Crippen molar-refractivity contribution in [2.75, 3.05) is 25.5 Å². The number of hydrogen-bond acceptors (Lipinski definition) is 4. The van der Waals surface area contributed by atoms with E-state index < -0.39 is 0 Å². The highest BCUT2D eigenvalue weighted by molar-refractivity contribution is 7.98. The van der Waals surface area contributed by atoms with Gasteiger partial charge in [-0.3, -0.25) is 9.59 Å². The molecule has 0 heterocycles. The minimum atomic E-state index is -0.269. The van der Waals surface area contributed by atoms with Gasteiger partial charge in [0.05, 0.1) is 12.8 Å². The fourth-order valence-electron chi connectivity index (χ4n) is 3.06. The van der Waals surface area contributed by atoms with Crippen molar-refractivity contribution >= 4 is 29.3 Å². The van der Waals surface area contributed by atoms with Gasteiger partial charge in [0.25, 0.3) is 5.91 Å². The van der Waals surface area contributed by atoms with Gasteiger partial charge in [0.15, 0.2) is 0 Å². The maximum atomic E-state index is 12.9. The van der Waals surface area contributed by atoms with Crippen LogP contribution >= 0.6 is 11.8 Å². The molecule has 3 aromatic rings. The number of rotatable bonds is 9. The van der Waals surface area contributed by atoms with Crippen LogP contribution in [0.3, 0.4) is 0 Å². The van der Waals surface area contributed by atoms with Crippen LogP contribution in [0.15, 0.2) is 83.8 Å². The Morgan fingerprint density at radius 3 is 2.29 bits per heavy atom. The molecule has 0 spiro atoms. The van der Waals surface area contributed by atoms with Gasteiger partial charge in [-0.2, -0.15) is 0 Å². The van der Waals surface area contributed by atoms with E-state index in [1.165, 1.54) is 10.5 Å². The van der Waals surface area contributed by atoms with E-state index in [0.29, 0.717) is 23.5 Å². The van der Waals surface area contributed by atoms with Crippen LogP contribution in [-0.4, -0.2) is 36.9 Å². The normalized spacial score (nSPS) is 10.4. The van der Waals surface area contributed by atoms with Crippen LogP contribution in [-0.2, 0) is 10.5 Å². The standard InChI is InChI=1S/C25H26N2O3S/c1-3-27(17-24(28)26-22-11-7-8-12-23(22)30-2)25(29)20-13-15-21(16-14-20)31-18-19-9-5-4-6-10-19/h4-16H,3,17-18H2,1-2H3,(H,26,28). The van der Waals surface area contributed by atoms with Crippen LogP contribution in [0.25, 0.3) is 0 Å². The summed E-state index contributed by atoms with van der Waals surface area (Å²) in [6.07, 6.45) is 0. The van der Waals surface area contributed by atoms with Gasteiger partial charge in [-0.25, -0.2) is 0 Å². The Morgan fingerprint density at radius 1 is 0.935 bits per heavy atom. The number of thioether (sulfide) groups is 1. The molecule has 3 aromatic carbocycles. The monoisotopic (exact) mass is 434 g/mol. The average molecular weight is 435 g/mol. The number of ether oxygens (including phenoxy) is 1. The van der Waals surface area contributed by atoms with Crippen LogP contribution < -0.4 is 10.1 Å². The Hall–Kier alpha value is -3.25. The predicted molar refractivity (Wildman–Crippen MR) is 126 cm³/mol. The molecule has 0 bridgehead atoms. The van der Waals surface area contributed by atoms with Gasteiger partial charge < -0.3 is 15.0 Å². The Kier molecular flexibility index (Phi) is 8.12. The summed E-state index contributed by atoms with van der Waals surface area (Å²) in [6.45, 7) is 2.26. The first-order chi connectivity index (χ1) is 15.1. The number of carbonyl (C=O) groups is 2. The highest BCUT2D eigenvalue weighted by Gasteiger charge is 2.18. The van der Waals surface area contributed by atoms with Gasteiger partial charge in [-0.15, -0.1) is 11.8 Å². The Labute approximate surface area is 187 Å². The zero-order valence-corrected chi connectivity index (χ0v) is 18.5. The lowest BCUT2D eigenvalue weighted by Crippen LogP contribution is -2.37. The molecule has 0 aliphatic carbocycles. The summed E-state index contributed by atoms with van der Waals surface area (Å²) in [5, 5.41) is 2.81. The number of methoxy groups -OCH3 is 1. The van der Waals surface area contributed by atoms with Gasteiger partial charge in [-0.1, -0.05) is 42.5 Å². The number of hydrogen-bond donors (Lipinski definition) is 1. The number of nitrogens with zero attached hydrogens (tertiary/aromatic N) is 1. The Morgan fingerprint density at radius 2 is 1.61 bits per heavy atom. The second-order valence-electron chi connectivity index (χ2n) is 6.87. The molecule has 31 heavy (non-hydrogen) atoms. The van der Waals surface area contributed by atoms with Gasteiger partial charge in [0, 0.05) is 22.8 Å². The van der Waals surface area contributed by atoms with E-state index in [9.17, 15) is 9.59 Å². The van der Waals surface area contributed by atoms with Crippen molar-refractivity contribution in [3.8, 4) is 5.75 Å². The van der Waals surface area contributed by atoms with Gasteiger partial charge in [0.1, 0.15) is 12.3 Å². The summed E-state index contributed by atoms with van der Waals surface area (Å²) in [6, 6.07) is 25.0. The van der Waals surface area contributed by atoms with E-state index in [4.69, 9.17) is 4.74 Å². The lowest BCUT2D eigenvalue weighted by atomic mass is 10.2. The Bertz CT molecular complexity index is 1010. The molecule has 0 saturated carbocycles. The molecule has 0 unspecified atom stereocenters. The molecule has 6 heteroatoms. The molecule has 0 saturated heterocycles. The average Bonchev–Trinajstić information content (AvgIpc) is 2.82. The fraction of sp³-hybridized carbons (Fsp3) is 0.200. The van der Waals surface area contributed by atoms with E-state index >= 15 is 0 Å². The van der Waals surface area contributed by atoms with E-state index in [-0.39, 0.29) is 18.4 Å². The summed E-state index contributed by atoms with van der Waals surface area (Å²) in [7, 11) is 1.55. The molecule has 3 rings (SSSR count). The lowest BCUT2D eigenvalue weighted by molar-refractivity contribution is -0.116. The number of carbonyl (C=O) groups excluding carboxylic acids is 2. The van der Waals surface area contributed by atoms with Crippen molar-refractivity contribution in [2.24, 2.45) is 0 Å². The highest BCUT2D eigenvalue weighted by atomic mass is 32.2. The van der Waals surface area contributed by atoms with Gasteiger partial charge >= 0.3 is 0 Å². The fourth-order valence-corrected chi connectivity index (χ4v) is 3.91. The summed E-state index contributed by atoms with van der Waals surface area (Å²) < 4.78 is 5.26. The molecule has 2 amide bonds. The van der Waals surface area contributed by atoms with E-state index in [0.717, 1.165) is 10.6 Å². The van der Waals surface area contributed by atoms with Crippen molar-refractivity contribution in [3.05, 3.63) is 90.0 Å². The zero-order chi connectivity index (χ0) is 22.1. The molecule has 0 atom stereocenters. The number of nitrogens with one attached hydrogen (secondary N) is 1. The van der Waals surface area contributed by atoms with Crippen molar-refractivity contribution in [1.29, 1.82) is 0 Å². The van der Waals surface area contributed by atoms with Crippen LogP contribution in [0.1, 0.15) is 22.8 Å². The van der Waals surface area contributed by atoms with E-state index in [2.05, 4.69) is 17.4 Å². The molecule has 5 nitrogen and oxygen atoms in total. The number of likely N-dealkylation sites (N-methyl/N-ethyl adjacent to an activating group) is 1. The SMILES string of the molecule is CCN(CC(=O)Nc1ccccc1OC)C(=O)c1ccc(SCc2ccccc2)cc1. The first kappa shape index (κ1) is 22.4. The van der Waals surface area contributed by atoms with Crippen molar-refractivity contribution in [1.82, 2.24) is 4.90 Å². The first-order valence-corrected chi connectivity index (χ1v) is 11.1. The molecule has 0 aliphatic heterocycles. The van der Waals surface area contributed by atoms with E-state index in [1.807, 2.05) is 61.5 Å². The third kappa shape index (κ3) is 6.36. The smallest absolute Gasteiger partial charge is 0.254 e. The number of anilines is 1. The number of amides is 2. The molecule has 0 fully saturated rings. The van der Waals surface area contributed by atoms with Crippen molar-refractivity contribution in [2.45, 2.75) is 17.6 Å². The third-order valence-electron chi connectivity index (χ3n) is 4.73. The maximum Gasteiger partial charge on any atom is 0.254 e. The number of para-hydroxylation sites is 2. The molecular formula is C25H26N2O3S. The van der Waals surface area contributed by atoms with Gasteiger partial charge in [-0.05, 0) is 48.9 Å². The summed E-state index contributed by atoms with van der Waals surface area (Å²) in [4.78, 5) is 28.0. The van der Waals surface area contributed by atoms with Crippen LogP contribution in [0, 0.1) is 0 Å². The largest absolute Gasteiger partial charge is 0.495 e. The summed E-state index contributed by atoms with van der Waals surface area (Å²) in [5.41, 5.74) is 2.40. The predicted octanol–water partition coefficient (Wildman–Crippen LogP) is 5.09. The third-order valence-corrected chi connectivity index (χ3v) is 5.82. The second-order valence-corrected chi connectivity index (χ2v) is 7.92. The molecular weight excluding hydrogens is 408 g/mol. The Balaban J connectivity index is 1.58. The second kappa shape index (κ2) is 11.2. The van der Waals surface area contributed by atoms with Gasteiger partial charge in [0.2, 0.25) is 5.91 Å². The lowest BCUT2D eigenvalue weighted by Gasteiger charge is -2.21. The molecule has 0 radical (unpaired) electrons. The molecule has 160 valence electrons. The zero-order valence-electron chi connectivity index (χ0n) is 17.7.